The summed E-state index contributed by atoms with van der Waals surface area (Å²) < 4.78 is 16.6. The molecule has 0 aromatic carbocycles. The van der Waals surface area contributed by atoms with E-state index < -0.39 is 0 Å². The maximum absolute atomic E-state index is 6.34. The van der Waals surface area contributed by atoms with Crippen LogP contribution in [0, 0.1) is 0 Å². The Morgan fingerprint density at radius 1 is 1.23 bits per heavy atom. The molecule has 3 aliphatic rings. The van der Waals surface area contributed by atoms with Crippen LogP contribution in [0.1, 0.15) is 17.7 Å². The molecule has 5 rings (SSSR count). The van der Waals surface area contributed by atoms with Crippen LogP contribution in [-0.4, -0.2) is 48.9 Å². The van der Waals surface area contributed by atoms with Crippen molar-refractivity contribution in [3.05, 3.63) is 66.9 Å². The molecule has 8 heteroatoms. The van der Waals surface area contributed by atoms with Crippen LogP contribution in [0.4, 0.5) is 5.82 Å². The van der Waals surface area contributed by atoms with Gasteiger partial charge in [0.2, 0.25) is 0 Å². The van der Waals surface area contributed by atoms with Crippen molar-refractivity contribution >= 4 is 44.6 Å². The second-order valence-corrected chi connectivity index (χ2v) is 18.1. The molecule has 5 heterocycles. The summed E-state index contributed by atoms with van der Waals surface area (Å²) in [6, 6.07) is 4.16. The van der Waals surface area contributed by atoms with Gasteiger partial charge in [-0.1, -0.05) is 52.4 Å². The zero-order valence-electron chi connectivity index (χ0n) is 16.6. The predicted molar refractivity (Wildman–Crippen MR) is 137 cm³/mol. The van der Waals surface area contributed by atoms with Crippen molar-refractivity contribution in [2.75, 3.05) is 26.8 Å². The molecule has 0 bridgehead atoms. The second-order valence-electron chi connectivity index (χ2n) is 7.48. The van der Waals surface area contributed by atoms with E-state index in [2.05, 4.69) is 30.2 Å². The van der Waals surface area contributed by atoms with Gasteiger partial charge in [0, 0.05) is 39.3 Å². The topological polar surface area (TPSA) is 52.4 Å². The monoisotopic (exact) mass is 630 g/mol. The quantitative estimate of drug-likeness (QED) is 0.354. The number of aromatic nitrogens is 3. The zero-order chi connectivity index (χ0) is 20.5. The summed E-state index contributed by atoms with van der Waals surface area (Å²) in [5.74, 6) is 1.64. The van der Waals surface area contributed by atoms with E-state index in [1.165, 1.54) is 8.86 Å². The third-order valence-corrected chi connectivity index (χ3v) is 15.7. The van der Waals surface area contributed by atoms with Crippen LogP contribution in [0.15, 0.2) is 55.6 Å². The number of rotatable bonds is 5. The Labute approximate surface area is 192 Å². The van der Waals surface area contributed by atoms with Gasteiger partial charge in [-0.15, -0.1) is 0 Å². The molecular weight excluding hydrogens is 606 g/mol. The van der Waals surface area contributed by atoms with E-state index in [0.29, 0.717) is 57.8 Å². The highest BCUT2D eigenvalue weighted by Crippen LogP contribution is 2.33. The minimum Gasteiger partial charge on any atom is -0.489 e. The lowest BCUT2D eigenvalue weighted by atomic mass is 10.0. The van der Waals surface area contributed by atoms with E-state index in [-0.39, 0.29) is 0 Å². The summed E-state index contributed by atoms with van der Waals surface area (Å²) in [5, 5.41) is 4.76. The Hall–Kier alpha value is -1.40. The summed E-state index contributed by atoms with van der Waals surface area (Å²) in [4.78, 5) is 7.06. The molecule has 1 atom stereocenters. The third kappa shape index (κ3) is 4.18. The van der Waals surface area contributed by atoms with Crippen molar-refractivity contribution in [1.29, 1.82) is 0 Å². The highest BCUT2D eigenvalue weighted by molar-refractivity contribution is 14.8. The van der Waals surface area contributed by atoms with Crippen LogP contribution in [0.5, 0.6) is 0 Å². The molecule has 30 heavy (non-hydrogen) atoms. The molecular formula is C22H24I2N4O2. The molecule has 0 saturated carbocycles. The summed E-state index contributed by atoms with van der Waals surface area (Å²) in [5.41, 5.74) is 3.74. The number of ether oxygens (including phenoxy) is 2. The zero-order valence-corrected chi connectivity index (χ0v) is 21.0. The lowest BCUT2D eigenvalue weighted by Crippen LogP contribution is -2.28. The van der Waals surface area contributed by atoms with Crippen LogP contribution in [0.3, 0.4) is 0 Å². The highest BCUT2D eigenvalue weighted by atomic mass is 128. The molecule has 2 aromatic heterocycles. The molecule has 0 amide bonds. The van der Waals surface area contributed by atoms with Gasteiger partial charge >= 0.3 is 0 Å². The van der Waals surface area contributed by atoms with Crippen molar-refractivity contribution in [1.82, 2.24) is 14.8 Å². The molecule has 0 spiro atoms. The van der Waals surface area contributed by atoms with Gasteiger partial charge in [0.25, 0.3) is 0 Å². The van der Waals surface area contributed by atoms with E-state index in [4.69, 9.17) is 19.6 Å². The number of anilines is 1. The van der Waals surface area contributed by atoms with Crippen LogP contribution in [0.2, 0.25) is 0 Å². The Morgan fingerprint density at radius 3 is 2.87 bits per heavy atom. The second kappa shape index (κ2) is 8.99. The first kappa shape index (κ1) is 20.5. The molecule has 3 aliphatic heterocycles. The molecule has 1 fully saturated rings. The predicted octanol–water partition coefficient (Wildman–Crippen LogP) is 4.71. The molecule has 158 valence electrons. The lowest BCUT2D eigenvalue weighted by molar-refractivity contribution is 0.0294. The molecule has 6 nitrogen and oxygen atoms in total. The van der Waals surface area contributed by atoms with E-state index in [9.17, 15) is 0 Å². The highest BCUT2D eigenvalue weighted by Gasteiger charge is 2.27. The number of hydrogen-bond donors (Lipinski definition) is 0. The summed E-state index contributed by atoms with van der Waals surface area (Å²) in [6.45, 7) is 10.2. The van der Waals surface area contributed by atoms with E-state index >= 15 is 0 Å². The first-order chi connectivity index (χ1) is 14.7. The first-order valence-corrected chi connectivity index (χ1v) is 19.3. The standard InChI is InChI=1S/C22H24I2N4O2/c1-3-4-20-15(2)29-14-16-12-28(26-22(16)20)17-5-6-21(25-11-17)27-8-7-18(13-27)30-19-9-23-24-10-19/h3-6,11-12,18-19H,1-2,7-10,13-14H2/b20-4+. The number of hydrogen-bond acceptors (Lipinski definition) is 5. The van der Waals surface area contributed by atoms with Crippen LogP contribution in [0.25, 0.3) is 11.3 Å². The molecule has 2 aromatic rings. The Bertz CT molecular complexity index is 1020. The fourth-order valence-corrected chi connectivity index (χ4v) is 15.5. The largest absolute Gasteiger partial charge is 0.489 e. The van der Waals surface area contributed by atoms with Crippen molar-refractivity contribution < 1.29 is 9.47 Å². The van der Waals surface area contributed by atoms with Crippen molar-refractivity contribution in [2.24, 2.45) is 0 Å². The van der Waals surface area contributed by atoms with Gasteiger partial charge in [0.15, 0.2) is 0 Å². The van der Waals surface area contributed by atoms with Gasteiger partial charge in [-0.05, 0) is 24.6 Å². The summed E-state index contributed by atoms with van der Waals surface area (Å²) in [6.07, 6.45) is 9.55. The molecule has 1 saturated heterocycles. The van der Waals surface area contributed by atoms with E-state index in [1.807, 2.05) is 23.2 Å². The minimum atomic E-state index is 0.364. The average molecular weight is 630 g/mol. The van der Waals surface area contributed by atoms with Gasteiger partial charge in [-0.3, -0.25) is 0 Å². The van der Waals surface area contributed by atoms with Gasteiger partial charge < -0.3 is 14.4 Å². The fraction of sp³-hybridized carbons (Fsp3) is 0.364. The van der Waals surface area contributed by atoms with Crippen LogP contribution >= 0.6 is 33.2 Å². The van der Waals surface area contributed by atoms with Crippen LogP contribution in [-0.2, 0) is 16.1 Å². The van der Waals surface area contributed by atoms with Gasteiger partial charge in [-0.2, -0.15) is 5.10 Å². The average Bonchev–Trinajstić information content (AvgIpc) is 3.52. The Kier molecular flexibility index (Phi) is 6.15. The number of halogens is 2. The lowest BCUT2D eigenvalue weighted by Gasteiger charge is -2.19. The Morgan fingerprint density at radius 2 is 2.10 bits per heavy atom. The van der Waals surface area contributed by atoms with Crippen molar-refractivity contribution in [3.8, 4) is 5.69 Å². The SMILES string of the molecule is C=C/C=C1\C(=C)OCc2cn(-c3ccc(N4CCC(OC5CI=IC5)C4)nc3)nc21. The minimum absolute atomic E-state index is 0.364. The van der Waals surface area contributed by atoms with E-state index in [0.717, 1.165) is 47.8 Å². The number of alkyl halides is 2. The van der Waals surface area contributed by atoms with Crippen molar-refractivity contribution in [3.63, 3.8) is 0 Å². The van der Waals surface area contributed by atoms with Gasteiger partial charge in [0.1, 0.15) is 23.9 Å². The van der Waals surface area contributed by atoms with Crippen LogP contribution < -0.4 is 4.90 Å². The third-order valence-electron chi connectivity index (χ3n) is 5.41. The number of pyridine rings is 1. The maximum Gasteiger partial charge on any atom is 0.128 e. The normalized spacial score (nSPS) is 23.1. The summed E-state index contributed by atoms with van der Waals surface area (Å²) >= 11 is 1.04. The fourth-order valence-electron chi connectivity index (χ4n) is 3.89. The number of nitrogens with zero attached hydrogens (tertiary/aromatic N) is 4. The molecule has 1 unspecified atom stereocenters. The number of fused-ring (bicyclic) bond motifs is 1. The van der Waals surface area contributed by atoms with E-state index in [1.54, 1.807) is 6.08 Å². The van der Waals surface area contributed by atoms with Gasteiger partial charge in [-0.25, -0.2) is 9.67 Å². The molecule has 0 aliphatic carbocycles. The number of allylic oxidation sites excluding steroid dienone is 3. The van der Waals surface area contributed by atoms with Gasteiger partial charge in [0.05, 0.1) is 24.1 Å². The maximum atomic E-state index is 6.34. The first-order valence-electron chi connectivity index (χ1n) is 9.99. The summed E-state index contributed by atoms with van der Waals surface area (Å²) in [7, 11) is 0. The van der Waals surface area contributed by atoms with Crippen molar-refractivity contribution in [2.45, 2.75) is 25.2 Å². The Balaban J connectivity index is 1.29. The smallest absolute Gasteiger partial charge is 0.128 e. The molecule has 0 radical (unpaired) electrons. The molecule has 0 N–H and O–H groups in total.